The van der Waals surface area contributed by atoms with Gasteiger partial charge in [0.2, 0.25) is 0 Å². The Morgan fingerprint density at radius 3 is 2.82 bits per heavy atom. The molecule has 0 bridgehead atoms. The van der Waals surface area contributed by atoms with Crippen molar-refractivity contribution in [1.82, 2.24) is 0 Å². The van der Waals surface area contributed by atoms with Gasteiger partial charge in [-0.1, -0.05) is 6.07 Å². The topological polar surface area (TPSA) is 52.3 Å². The molecule has 17 heavy (non-hydrogen) atoms. The van der Waals surface area contributed by atoms with Crippen LogP contribution < -0.4 is 5.73 Å². The molecule has 1 atom stereocenters. The lowest BCUT2D eigenvalue weighted by Gasteiger charge is -2.21. The predicted molar refractivity (Wildman–Crippen MR) is 70.4 cm³/mol. The number of hydrogen-bond acceptors (Lipinski definition) is 3. The van der Waals surface area contributed by atoms with E-state index >= 15 is 0 Å². The Bertz CT molecular complexity index is 414. The SMILES string of the molecule is Cc1c(N)cccc1S(=O)CC1CCOCC1. The Balaban J connectivity index is 2.06. The molecule has 1 heterocycles. The summed E-state index contributed by atoms with van der Waals surface area (Å²) in [7, 11) is -0.938. The molecule has 0 spiro atoms. The molecular weight excluding hydrogens is 234 g/mol. The Labute approximate surface area is 105 Å². The van der Waals surface area contributed by atoms with E-state index < -0.39 is 10.8 Å². The highest BCUT2D eigenvalue weighted by Gasteiger charge is 2.18. The monoisotopic (exact) mass is 253 g/mol. The van der Waals surface area contributed by atoms with Gasteiger partial charge in [-0.25, -0.2) is 0 Å². The van der Waals surface area contributed by atoms with Crippen LogP contribution in [0.5, 0.6) is 0 Å². The highest BCUT2D eigenvalue weighted by molar-refractivity contribution is 7.85. The fourth-order valence-corrected chi connectivity index (χ4v) is 3.73. The Hall–Kier alpha value is -0.870. The van der Waals surface area contributed by atoms with Crippen LogP contribution >= 0.6 is 0 Å². The molecule has 1 aromatic carbocycles. The van der Waals surface area contributed by atoms with E-state index in [-0.39, 0.29) is 0 Å². The van der Waals surface area contributed by atoms with Crippen molar-refractivity contribution in [3.63, 3.8) is 0 Å². The van der Waals surface area contributed by atoms with Gasteiger partial charge >= 0.3 is 0 Å². The van der Waals surface area contributed by atoms with Crippen molar-refractivity contribution in [1.29, 1.82) is 0 Å². The molecular formula is C13H19NO2S. The van der Waals surface area contributed by atoms with Gasteiger partial charge in [0.05, 0.1) is 10.8 Å². The van der Waals surface area contributed by atoms with E-state index in [4.69, 9.17) is 10.5 Å². The quantitative estimate of drug-likeness (QED) is 0.839. The maximum Gasteiger partial charge on any atom is 0.0535 e. The lowest BCUT2D eigenvalue weighted by Crippen LogP contribution is -2.21. The van der Waals surface area contributed by atoms with Crippen molar-refractivity contribution in [2.75, 3.05) is 24.7 Å². The smallest absolute Gasteiger partial charge is 0.0535 e. The molecule has 0 aliphatic carbocycles. The first-order chi connectivity index (χ1) is 8.18. The van der Waals surface area contributed by atoms with Gasteiger partial charge in [0.15, 0.2) is 0 Å². The minimum Gasteiger partial charge on any atom is -0.398 e. The maximum absolute atomic E-state index is 12.3. The Morgan fingerprint density at radius 2 is 2.12 bits per heavy atom. The minimum absolute atomic E-state index is 0.519. The van der Waals surface area contributed by atoms with Crippen LogP contribution in [-0.4, -0.2) is 23.2 Å². The summed E-state index contributed by atoms with van der Waals surface area (Å²) in [5.74, 6) is 1.25. The van der Waals surface area contributed by atoms with Crippen molar-refractivity contribution in [3.8, 4) is 0 Å². The predicted octanol–water partition coefficient (Wildman–Crippen LogP) is 2.11. The van der Waals surface area contributed by atoms with Crippen molar-refractivity contribution < 1.29 is 8.95 Å². The maximum atomic E-state index is 12.3. The summed E-state index contributed by atoms with van der Waals surface area (Å²) in [5.41, 5.74) is 7.52. The second-order valence-electron chi connectivity index (χ2n) is 4.54. The van der Waals surface area contributed by atoms with Crippen molar-refractivity contribution in [3.05, 3.63) is 23.8 Å². The zero-order valence-corrected chi connectivity index (χ0v) is 11.0. The van der Waals surface area contributed by atoms with Crippen molar-refractivity contribution >= 4 is 16.5 Å². The largest absolute Gasteiger partial charge is 0.398 e. The molecule has 4 heteroatoms. The lowest BCUT2D eigenvalue weighted by molar-refractivity contribution is 0.0725. The molecule has 0 aromatic heterocycles. The van der Waals surface area contributed by atoms with Crippen LogP contribution in [-0.2, 0) is 15.5 Å². The fourth-order valence-electron chi connectivity index (χ4n) is 2.10. The molecule has 1 saturated heterocycles. The number of ether oxygens (including phenoxy) is 1. The van der Waals surface area contributed by atoms with E-state index in [1.807, 2.05) is 25.1 Å². The van der Waals surface area contributed by atoms with Gasteiger partial charge in [-0.15, -0.1) is 0 Å². The zero-order chi connectivity index (χ0) is 12.3. The number of rotatable bonds is 3. The van der Waals surface area contributed by atoms with E-state index in [1.54, 1.807) is 0 Å². The summed E-state index contributed by atoms with van der Waals surface area (Å²) in [6.45, 7) is 3.54. The highest BCUT2D eigenvalue weighted by Crippen LogP contribution is 2.23. The van der Waals surface area contributed by atoms with E-state index in [0.29, 0.717) is 5.92 Å². The van der Waals surface area contributed by atoms with Crippen molar-refractivity contribution in [2.24, 2.45) is 5.92 Å². The van der Waals surface area contributed by atoms with Crippen LogP contribution in [0, 0.1) is 12.8 Å². The normalized spacial score (nSPS) is 19.1. The zero-order valence-electron chi connectivity index (χ0n) is 10.1. The second-order valence-corrected chi connectivity index (χ2v) is 6.00. The molecule has 2 rings (SSSR count). The van der Waals surface area contributed by atoms with Crippen LogP contribution in [0.2, 0.25) is 0 Å². The van der Waals surface area contributed by atoms with Gasteiger partial charge in [0.25, 0.3) is 0 Å². The van der Waals surface area contributed by atoms with Crippen LogP contribution in [0.4, 0.5) is 5.69 Å². The fraction of sp³-hybridized carbons (Fsp3) is 0.538. The number of nitrogen functional groups attached to an aromatic ring is 1. The molecule has 0 radical (unpaired) electrons. The van der Waals surface area contributed by atoms with Crippen molar-refractivity contribution in [2.45, 2.75) is 24.7 Å². The molecule has 0 amide bonds. The molecule has 2 N–H and O–H groups in total. The highest BCUT2D eigenvalue weighted by atomic mass is 32.2. The van der Waals surface area contributed by atoms with E-state index in [9.17, 15) is 4.21 Å². The number of anilines is 1. The first kappa shape index (κ1) is 12.6. The molecule has 1 aromatic rings. The van der Waals surface area contributed by atoms with Crippen LogP contribution in [0.1, 0.15) is 18.4 Å². The summed E-state index contributed by atoms with van der Waals surface area (Å²) < 4.78 is 17.6. The second kappa shape index (κ2) is 5.65. The lowest BCUT2D eigenvalue weighted by atomic mass is 10.0. The molecule has 1 aliphatic heterocycles. The Kier molecular flexibility index (Phi) is 4.18. The summed E-state index contributed by atoms with van der Waals surface area (Å²) >= 11 is 0. The van der Waals surface area contributed by atoms with Crippen LogP contribution in [0.15, 0.2) is 23.1 Å². The van der Waals surface area contributed by atoms with Gasteiger partial charge in [0.1, 0.15) is 0 Å². The number of hydrogen-bond donors (Lipinski definition) is 1. The third-order valence-electron chi connectivity index (χ3n) is 3.30. The average Bonchev–Trinajstić information content (AvgIpc) is 2.34. The minimum atomic E-state index is -0.938. The summed E-state index contributed by atoms with van der Waals surface area (Å²) in [6.07, 6.45) is 2.04. The van der Waals surface area contributed by atoms with Gasteiger partial charge in [0, 0.05) is 29.5 Å². The van der Waals surface area contributed by atoms with Gasteiger partial charge in [-0.2, -0.15) is 0 Å². The third-order valence-corrected chi connectivity index (χ3v) is 5.01. The Morgan fingerprint density at radius 1 is 1.41 bits per heavy atom. The summed E-state index contributed by atoms with van der Waals surface area (Å²) in [6, 6.07) is 5.64. The molecule has 0 saturated carbocycles. The standard InChI is InChI=1S/C13H19NO2S/c1-10-12(14)3-2-4-13(10)17(15)9-11-5-7-16-8-6-11/h2-4,11H,5-9,14H2,1H3. The van der Waals surface area contributed by atoms with Crippen LogP contribution in [0.3, 0.4) is 0 Å². The molecule has 1 fully saturated rings. The molecule has 94 valence electrons. The molecule has 1 unspecified atom stereocenters. The summed E-state index contributed by atoms with van der Waals surface area (Å²) in [5, 5.41) is 0. The first-order valence-corrected chi connectivity index (χ1v) is 7.31. The molecule has 3 nitrogen and oxygen atoms in total. The van der Waals surface area contributed by atoms with E-state index in [0.717, 1.165) is 48.0 Å². The first-order valence-electron chi connectivity index (χ1n) is 5.99. The van der Waals surface area contributed by atoms with E-state index in [1.165, 1.54) is 0 Å². The van der Waals surface area contributed by atoms with Gasteiger partial charge in [-0.3, -0.25) is 4.21 Å². The third kappa shape index (κ3) is 3.07. The molecule has 1 aliphatic rings. The van der Waals surface area contributed by atoms with Gasteiger partial charge in [-0.05, 0) is 43.4 Å². The van der Waals surface area contributed by atoms with Crippen LogP contribution in [0.25, 0.3) is 0 Å². The number of benzene rings is 1. The number of nitrogens with two attached hydrogens (primary N) is 1. The average molecular weight is 253 g/mol. The van der Waals surface area contributed by atoms with Gasteiger partial charge < -0.3 is 10.5 Å². The summed E-state index contributed by atoms with van der Waals surface area (Å²) in [4.78, 5) is 0.886. The van der Waals surface area contributed by atoms with E-state index in [2.05, 4.69) is 0 Å².